The Bertz CT molecular complexity index is 1150. The molecule has 0 spiro atoms. The monoisotopic (exact) mass is 488 g/mol. The second-order valence-electron chi connectivity index (χ2n) is 10.5. The Balaban J connectivity index is 1.47. The van der Waals surface area contributed by atoms with Gasteiger partial charge in [-0.25, -0.2) is 4.98 Å². The van der Waals surface area contributed by atoms with Crippen LogP contribution in [0.4, 0.5) is 5.82 Å². The average Bonchev–Trinajstić information content (AvgIpc) is 3.76. The third-order valence-electron chi connectivity index (χ3n) is 7.97. The van der Waals surface area contributed by atoms with E-state index in [-0.39, 0.29) is 18.1 Å². The van der Waals surface area contributed by atoms with Crippen LogP contribution in [0.5, 0.6) is 0 Å². The number of pyridine rings is 1. The van der Waals surface area contributed by atoms with E-state index in [1.165, 1.54) is 6.20 Å². The molecule has 0 bridgehead atoms. The Labute approximate surface area is 213 Å². The Kier molecular flexibility index (Phi) is 6.76. The average molecular weight is 489 g/mol. The van der Waals surface area contributed by atoms with E-state index in [4.69, 9.17) is 21.2 Å². The third-order valence-corrected chi connectivity index (χ3v) is 7.97. The minimum Gasteiger partial charge on any atom is -0.404 e. The number of carbonyl (C=O) groups excluding carboxylic acids is 1. The molecule has 190 valence electrons. The van der Waals surface area contributed by atoms with E-state index in [1.54, 1.807) is 12.2 Å². The van der Waals surface area contributed by atoms with Gasteiger partial charge in [-0.3, -0.25) is 4.79 Å². The van der Waals surface area contributed by atoms with Crippen LogP contribution in [0.15, 0.2) is 30.5 Å². The summed E-state index contributed by atoms with van der Waals surface area (Å²) in [6.45, 7) is 8.52. The van der Waals surface area contributed by atoms with Crippen LogP contribution >= 0.6 is 0 Å². The van der Waals surface area contributed by atoms with E-state index >= 15 is 0 Å². The first-order valence-electron chi connectivity index (χ1n) is 13.1. The van der Waals surface area contributed by atoms with Gasteiger partial charge in [-0.05, 0) is 62.2 Å². The molecule has 2 saturated heterocycles. The normalized spacial score (nSPS) is 24.8. The quantitative estimate of drug-likeness (QED) is 0.539. The Morgan fingerprint density at radius 3 is 2.58 bits per heavy atom. The van der Waals surface area contributed by atoms with Crippen LogP contribution in [0.2, 0.25) is 0 Å². The molecular weight excluding hydrogens is 452 g/mol. The maximum absolute atomic E-state index is 13.1. The maximum Gasteiger partial charge on any atom is 0.225 e. The van der Waals surface area contributed by atoms with Crippen molar-refractivity contribution in [2.24, 2.45) is 17.4 Å². The molecule has 2 saturated carbocycles. The zero-order valence-corrected chi connectivity index (χ0v) is 21.1. The highest BCUT2D eigenvalue weighted by molar-refractivity contribution is 5.78. The molecule has 0 radical (unpaired) electrons. The molecule has 8 nitrogen and oxygen atoms in total. The van der Waals surface area contributed by atoms with Gasteiger partial charge in [0.15, 0.2) is 0 Å². The van der Waals surface area contributed by atoms with Crippen molar-refractivity contribution in [3.63, 3.8) is 0 Å². The predicted molar refractivity (Wildman–Crippen MR) is 140 cm³/mol. The number of anilines is 1. The highest BCUT2D eigenvalue weighted by Gasteiger charge is 2.42. The van der Waals surface area contributed by atoms with Crippen LogP contribution in [0.3, 0.4) is 0 Å². The third kappa shape index (κ3) is 4.72. The van der Waals surface area contributed by atoms with Crippen molar-refractivity contribution < 1.29 is 9.53 Å². The summed E-state index contributed by atoms with van der Waals surface area (Å²) in [6, 6.07) is 2.57. The summed E-state index contributed by atoms with van der Waals surface area (Å²) in [5.41, 5.74) is 16.7. The Hall–Kier alpha value is -3.31. The SMILES string of the molecule is C=CC(=C/N)/C=C(\N)c1c(C2CC2)nc(N2CCN(C(=O)C[C@H]3CCO3)C(C3CC3)C2)c(C#N)c1C. The molecule has 8 heteroatoms. The van der Waals surface area contributed by atoms with Gasteiger partial charge in [-0.1, -0.05) is 12.7 Å². The molecule has 2 aliphatic heterocycles. The molecule has 1 aromatic heterocycles. The van der Waals surface area contributed by atoms with Gasteiger partial charge in [0, 0.05) is 49.6 Å². The molecule has 2 aliphatic carbocycles. The first kappa shape index (κ1) is 24.4. The lowest BCUT2D eigenvalue weighted by molar-refractivity contribution is -0.142. The molecule has 36 heavy (non-hydrogen) atoms. The smallest absolute Gasteiger partial charge is 0.225 e. The van der Waals surface area contributed by atoms with Crippen LogP contribution < -0.4 is 16.4 Å². The van der Waals surface area contributed by atoms with Crippen molar-refractivity contribution >= 4 is 17.4 Å². The fraction of sp³-hybridized carbons (Fsp3) is 0.536. The summed E-state index contributed by atoms with van der Waals surface area (Å²) < 4.78 is 5.51. The van der Waals surface area contributed by atoms with Gasteiger partial charge < -0.3 is 26.0 Å². The topological polar surface area (TPSA) is 122 Å². The molecule has 4 N–H and O–H groups in total. The highest BCUT2D eigenvalue weighted by atomic mass is 16.5. The summed E-state index contributed by atoms with van der Waals surface area (Å²) in [5.74, 6) is 1.79. The first-order chi connectivity index (χ1) is 17.4. The van der Waals surface area contributed by atoms with Gasteiger partial charge >= 0.3 is 0 Å². The minimum absolute atomic E-state index is 0.0766. The molecule has 0 aromatic carbocycles. The number of amides is 1. The number of aromatic nitrogens is 1. The van der Waals surface area contributed by atoms with E-state index in [9.17, 15) is 10.1 Å². The number of allylic oxidation sites excluding steroid dienone is 3. The van der Waals surface area contributed by atoms with Gasteiger partial charge in [-0.2, -0.15) is 5.26 Å². The highest BCUT2D eigenvalue weighted by Crippen LogP contribution is 2.45. The summed E-state index contributed by atoms with van der Waals surface area (Å²) in [7, 11) is 0. The van der Waals surface area contributed by atoms with Crippen LogP contribution in [-0.4, -0.2) is 54.2 Å². The number of nitrogens with two attached hydrogens (primary N) is 2. The lowest BCUT2D eigenvalue weighted by Gasteiger charge is -2.43. The van der Waals surface area contributed by atoms with Gasteiger partial charge in [0.05, 0.1) is 29.8 Å². The fourth-order valence-electron chi connectivity index (χ4n) is 5.47. The molecule has 1 amide bonds. The summed E-state index contributed by atoms with van der Waals surface area (Å²) in [5, 5.41) is 10.2. The Morgan fingerprint density at radius 1 is 1.28 bits per heavy atom. The van der Waals surface area contributed by atoms with Crippen molar-refractivity contribution in [3.05, 3.63) is 52.9 Å². The second kappa shape index (κ2) is 9.98. The number of hydrogen-bond donors (Lipinski definition) is 2. The molecule has 4 fully saturated rings. The van der Waals surface area contributed by atoms with Crippen LogP contribution in [0, 0.1) is 24.2 Å². The van der Waals surface area contributed by atoms with E-state index in [0.717, 1.165) is 66.9 Å². The largest absolute Gasteiger partial charge is 0.404 e. The van der Waals surface area contributed by atoms with Crippen LogP contribution in [0.25, 0.3) is 5.70 Å². The van der Waals surface area contributed by atoms with E-state index in [2.05, 4.69) is 22.4 Å². The maximum atomic E-state index is 13.1. The van der Waals surface area contributed by atoms with Gasteiger partial charge in [0.2, 0.25) is 5.91 Å². The van der Waals surface area contributed by atoms with Crippen molar-refractivity contribution in [3.8, 4) is 6.07 Å². The fourth-order valence-corrected chi connectivity index (χ4v) is 5.47. The van der Waals surface area contributed by atoms with Crippen molar-refractivity contribution in [1.29, 1.82) is 5.26 Å². The number of nitrogens with zero attached hydrogens (tertiary/aromatic N) is 4. The lowest BCUT2D eigenvalue weighted by Crippen LogP contribution is -2.57. The van der Waals surface area contributed by atoms with Crippen LogP contribution in [-0.2, 0) is 9.53 Å². The van der Waals surface area contributed by atoms with E-state index < -0.39 is 0 Å². The Morgan fingerprint density at radius 2 is 2.03 bits per heavy atom. The van der Waals surface area contributed by atoms with Crippen LogP contribution in [0.1, 0.15) is 66.8 Å². The lowest BCUT2D eigenvalue weighted by atomic mass is 9.95. The van der Waals surface area contributed by atoms with Gasteiger partial charge in [0.25, 0.3) is 0 Å². The summed E-state index contributed by atoms with van der Waals surface area (Å²) in [4.78, 5) is 22.5. The predicted octanol–water partition coefficient (Wildman–Crippen LogP) is 3.07. The molecule has 1 aromatic rings. The molecular formula is C28H36N6O2. The summed E-state index contributed by atoms with van der Waals surface area (Å²) in [6.07, 6.45) is 10.9. The van der Waals surface area contributed by atoms with E-state index in [0.29, 0.717) is 49.2 Å². The van der Waals surface area contributed by atoms with Crippen molar-refractivity contribution in [2.75, 3.05) is 31.1 Å². The number of hydrogen-bond acceptors (Lipinski definition) is 7. The van der Waals surface area contributed by atoms with Crippen molar-refractivity contribution in [2.45, 2.75) is 63.5 Å². The zero-order valence-electron chi connectivity index (χ0n) is 21.1. The summed E-state index contributed by atoms with van der Waals surface area (Å²) >= 11 is 0. The number of piperazine rings is 1. The molecule has 4 aliphatic rings. The number of ether oxygens (including phenoxy) is 1. The number of carbonyl (C=O) groups is 1. The number of nitriles is 1. The minimum atomic E-state index is 0.0766. The molecule has 3 heterocycles. The number of rotatable bonds is 8. The second-order valence-corrected chi connectivity index (χ2v) is 10.5. The zero-order chi connectivity index (χ0) is 25.4. The standard InChI is InChI=1S/C28H36N6O2/c1-3-18(14-29)12-23(31)26-17(2)22(15-30)28(32-27(26)20-6-7-20)33-9-10-34(24(16-33)19-4-5-19)25(35)13-21-8-11-36-21/h3,12,14,19-21,24H,1,4-11,13,16,29,31H2,2H3/b18-14-,23-12-/t21-,24?/m1/s1. The van der Waals surface area contributed by atoms with E-state index in [1.807, 2.05) is 6.92 Å². The van der Waals surface area contributed by atoms with Crippen molar-refractivity contribution in [1.82, 2.24) is 9.88 Å². The molecule has 5 rings (SSSR count). The van der Waals surface area contributed by atoms with Gasteiger partial charge in [0.1, 0.15) is 11.9 Å². The first-order valence-corrected chi connectivity index (χ1v) is 13.1. The van der Waals surface area contributed by atoms with Gasteiger partial charge in [-0.15, -0.1) is 0 Å². The molecule has 2 atom stereocenters. The molecule has 1 unspecified atom stereocenters.